The fourth-order valence-electron chi connectivity index (χ4n) is 2.71. The average Bonchev–Trinajstić information content (AvgIpc) is 2.99. The maximum absolute atomic E-state index is 13.1. The van der Waals surface area contributed by atoms with Crippen LogP contribution in [0.5, 0.6) is 5.75 Å². The molecule has 146 valence electrons. The molecule has 2 aromatic rings. The van der Waals surface area contributed by atoms with Gasteiger partial charge in [-0.2, -0.15) is 0 Å². The monoisotopic (exact) mass is 400 g/mol. The lowest BCUT2D eigenvalue weighted by atomic mass is 10.1. The first kappa shape index (κ1) is 21.1. The summed E-state index contributed by atoms with van der Waals surface area (Å²) in [5.74, 6) is -2.97. The summed E-state index contributed by atoms with van der Waals surface area (Å²) in [5, 5.41) is 5.16. The molecular weight excluding hydrogens is 381 g/mol. The fraction of sp³-hybridized carbons (Fsp3) is 0.316. The summed E-state index contributed by atoms with van der Waals surface area (Å²) in [6, 6.07) is 12.3. The second-order valence-corrected chi connectivity index (χ2v) is 6.27. The topological polar surface area (TPSA) is 50.4 Å². The van der Waals surface area contributed by atoms with E-state index in [1.54, 1.807) is 36.4 Å². The molecule has 2 N–H and O–H groups in total. The molecule has 1 saturated heterocycles. The first-order valence-corrected chi connectivity index (χ1v) is 8.26. The van der Waals surface area contributed by atoms with Crippen molar-refractivity contribution in [2.45, 2.75) is 31.5 Å². The fourth-order valence-corrected chi connectivity index (χ4v) is 2.71. The van der Waals surface area contributed by atoms with E-state index in [0.717, 1.165) is 11.1 Å². The number of ether oxygens (including phenoxy) is 1. The quantitative estimate of drug-likeness (QED) is 0.781. The zero-order chi connectivity index (χ0) is 18.6. The van der Waals surface area contributed by atoms with Crippen molar-refractivity contribution in [2.75, 3.05) is 6.54 Å². The highest BCUT2D eigenvalue weighted by Gasteiger charge is 2.42. The molecule has 0 aromatic heterocycles. The Kier molecular flexibility index (Phi) is 7.10. The van der Waals surface area contributed by atoms with Gasteiger partial charge in [0, 0.05) is 13.0 Å². The van der Waals surface area contributed by atoms with E-state index >= 15 is 0 Å². The molecular formula is C19H20ClF3N2O2. The van der Waals surface area contributed by atoms with E-state index in [2.05, 4.69) is 10.6 Å². The van der Waals surface area contributed by atoms with Crippen molar-refractivity contribution in [3.63, 3.8) is 0 Å². The van der Waals surface area contributed by atoms with Gasteiger partial charge >= 0.3 is 0 Å². The number of nitrogens with one attached hydrogen (secondary N) is 2. The van der Waals surface area contributed by atoms with Crippen LogP contribution in [0.3, 0.4) is 0 Å². The molecule has 3 rings (SSSR count). The molecule has 1 aliphatic rings. The van der Waals surface area contributed by atoms with Crippen LogP contribution in [0.25, 0.3) is 0 Å². The van der Waals surface area contributed by atoms with Gasteiger partial charge < -0.3 is 10.1 Å². The van der Waals surface area contributed by atoms with Crippen molar-refractivity contribution in [3.05, 3.63) is 65.5 Å². The number of benzene rings is 2. The summed E-state index contributed by atoms with van der Waals surface area (Å²) in [7, 11) is 0. The van der Waals surface area contributed by atoms with Crippen LogP contribution < -0.4 is 15.4 Å². The van der Waals surface area contributed by atoms with Crippen LogP contribution in [0, 0.1) is 5.82 Å². The van der Waals surface area contributed by atoms with E-state index in [4.69, 9.17) is 4.74 Å². The lowest BCUT2D eigenvalue weighted by Crippen LogP contribution is -2.39. The van der Waals surface area contributed by atoms with Gasteiger partial charge in [-0.25, -0.2) is 13.2 Å². The van der Waals surface area contributed by atoms with Gasteiger partial charge in [0.1, 0.15) is 18.2 Å². The van der Waals surface area contributed by atoms with E-state index in [1.807, 2.05) is 0 Å². The van der Waals surface area contributed by atoms with Crippen LogP contribution in [0.4, 0.5) is 13.2 Å². The van der Waals surface area contributed by atoms with E-state index < -0.39 is 30.8 Å². The molecule has 1 atom stereocenters. The molecule has 0 radical (unpaired) electrons. The third-order valence-electron chi connectivity index (χ3n) is 4.11. The summed E-state index contributed by atoms with van der Waals surface area (Å²) >= 11 is 0. The van der Waals surface area contributed by atoms with Crippen molar-refractivity contribution < 1.29 is 22.7 Å². The van der Waals surface area contributed by atoms with E-state index in [-0.39, 0.29) is 31.4 Å². The molecule has 1 amide bonds. The van der Waals surface area contributed by atoms with Gasteiger partial charge in [-0.3, -0.25) is 10.1 Å². The summed E-state index contributed by atoms with van der Waals surface area (Å²) < 4.78 is 44.9. The molecule has 27 heavy (non-hydrogen) atoms. The Morgan fingerprint density at radius 1 is 1.19 bits per heavy atom. The van der Waals surface area contributed by atoms with Crippen molar-refractivity contribution in [1.82, 2.24) is 10.6 Å². The maximum atomic E-state index is 13.1. The van der Waals surface area contributed by atoms with Gasteiger partial charge in [-0.15, -0.1) is 12.4 Å². The van der Waals surface area contributed by atoms with Gasteiger partial charge in [0.25, 0.3) is 5.92 Å². The van der Waals surface area contributed by atoms with Gasteiger partial charge in [0.05, 0.1) is 12.6 Å². The van der Waals surface area contributed by atoms with Crippen LogP contribution in [0.15, 0.2) is 48.5 Å². The van der Waals surface area contributed by atoms with Gasteiger partial charge in [0.15, 0.2) is 0 Å². The standard InChI is InChI=1S/C19H19F3N2O2.ClH/c20-15-3-1-2-14(8-15)11-26-16-6-4-13(5-7-16)10-23-18(25)17-9-19(21,22)12-24-17;/h1-8,17,24H,9-12H2,(H,23,25);1H. The molecule has 0 bridgehead atoms. The smallest absolute Gasteiger partial charge is 0.262 e. The van der Waals surface area contributed by atoms with Gasteiger partial charge in [-0.05, 0) is 35.4 Å². The number of hydrogen-bond donors (Lipinski definition) is 2. The molecule has 1 aliphatic heterocycles. The summed E-state index contributed by atoms with van der Waals surface area (Å²) in [4.78, 5) is 11.9. The number of hydrogen-bond acceptors (Lipinski definition) is 3. The van der Waals surface area contributed by atoms with Crippen LogP contribution in [0.1, 0.15) is 17.5 Å². The number of amides is 1. The molecule has 0 aliphatic carbocycles. The highest BCUT2D eigenvalue weighted by molar-refractivity contribution is 5.85. The molecule has 0 saturated carbocycles. The lowest BCUT2D eigenvalue weighted by molar-refractivity contribution is -0.123. The second-order valence-electron chi connectivity index (χ2n) is 6.27. The van der Waals surface area contributed by atoms with Crippen molar-refractivity contribution in [1.29, 1.82) is 0 Å². The third kappa shape index (κ3) is 6.15. The molecule has 8 heteroatoms. The Hall–Kier alpha value is -2.25. The normalized spacial score (nSPS) is 17.8. The molecule has 0 spiro atoms. The first-order chi connectivity index (χ1) is 12.4. The molecule has 1 heterocycles. The predicted octanol–water partition coefficient (Wildman–Crippen LogP) is 3.44. The number of carbonyl (C=O) groups excluding carboxylic acids is 1. The Labute approximate surface area is 161 Å². The minimum atomic E-state index is -2.83. The highest BCUT2D eigenvalue weighted by atomic mass is 35.5. The Balaban J connectivity index is 0.00000261. The van der Waals surface area contributed by atoms with Crippen LogP contribution in [0.2, 0.25) is 0 Å². The zero-order valence-corrected chi connectivity index (χ0v) is 15.2. The summed E-state index contributed by atoms with van der Waals surface area (Å²) in [6.07, 6.45) is -0.480. The van der Waals surface area contributed by atoms with E-state index in [9.17, 15) is 18.0 Å². The van der Waals surface area contributed by atoms with Crippen molar-refractivity contribution in [3.8, 4) is 5.75 Å². The van der Waals surface area contributed by atoms with E-state index in [1.165, 1.54) is 12.1 Å². The Bertz CT molecular complexity index is 772. The Morgan fingerprint density at radius 3 is 2.56 bits per heavy atom. The third-order valence-corrected chi connectivity index (χ3v) is 4.11. The number of rotatable bonds is 6. The van der Waals surface area contributed by atoms with Gasteiger partial charge in [-0.1, -0.05) is 24.3 Å². The first-order valence-electron chi connectivity index (χ1n) is 8.26. The minimum absolute atomic E-state index is 0. The highest BCUT2D eigenvalue weighted by Crippen LogP contribution is 2.25. The lowest BCUT2D eigenvalue weighted by Gasteiger charge is -2.12. The van der Waals surface area contributed by atoms with Crippen LogP contribution >= 0.6 is 12.4 Å². The summed E-state index contributed by atoms with van der Waals surface area (Å²) in [5.41, 5.74) is 1.54. The molecule has 1 unspecified atom stereocenters. The molecule has 4 nitrogen and oxygen atoms in total. The number of halogens is 4. The SMILES string of the molecule is Cl.O=C(NCc1ccc(OCc2cccc(F)c2)cc1)C1CC(F)(F)CN1. The van der Waals surface area contributed by atoms with E-state index in [0.29, 0.717) is 5.75 Å². The van der Waals surface area contributed by atoms with Crippen molar-refractivity contribution in [2.24, 2.45) is 0 Å². The Morgan fingerprint density at radius 2 is 1.93 bits per heavy atom. The van der Waals surface area contributed by atoms with Crippen molar-refractivity contribution >= 4 is 18.3 Å². The molecule has 1 fully saturated rings. The van der Waals surface area contributed by atoms with Crippen LogP contribution in [-0.2, 0) is 17.9 Å². The molecule has 2 aromatic carbocycles. The average molecular weight is 401 g/mol. The second kappa shape index (κ2) is 9.10. The summed E-state index contributed by atoms with van der Waals surface area (Å²) in [6.45, 7) is 0.0185. The minimum Gasteiger partial charge on any atom is -0.489 e. The van der Waals surface area contributed by atoms with Gasteiger partial charge in [0.2, 0.25) is 5.91 Å². The maximum Gasteiger partial charge on any atom is 0.262 e. The predicted molar refractivity (Wildman–Crippen MR) is 97.6 cm³/mol. The van der Waals surface area contributed by atoms with Crippen LogP contribution in [-0.4, -0.2) is 24.4 Å². The largest absolute Gasteiger partial charge is 0.489 e. The number of carbonyl (C=O) groups is 1. The zero-order valence-electron chi connectivity index (χ0n) is 14.4. The number of alkyl halides is 2.